The lowest BCUT2D eigenvalue weighted by Crippen LogP contribution is -2.36. The van der Waals surface area contributed by atoms with E-state index in [1.54, 1.807) is 37.4 Å². The lowest BCUT2D eigenvalue weighted by atomic mass is 10.1. The van der Waals surface area contributed by atoms with Crippen LogP contribution >= 0.6 is 24.0 Å². The van der Waals surface area contributed by atoms with Crippen LogP contribution < -0.4 is 15.4 Å². The van der Waals surface area contributed by atoms with Crippen molar-refractivity contribution in [3.63, 3.8) is 0 Å². The second-order valence-electron chi connectivity index (χ2n) is 7.02. The first-order valence-electron chi connectivity index (χ1n) is 9.39. The Labute approximate surface area is 196 Å². The number of sulfonamides is 1. The van der Waals surface area contributed by atoms with Gasteiger partial charge in [-0.3, -0.25) is 4.99 Å². The van der Waals surface area contributed by atoms with Crippen molar-refractivity contribution in [1.29, 1.82) is 0 Å². The Kier molecular flexibility index (Phi) is 8.72. The molecule has 0 atom stereocenters. The lowest BCUT2D eigenvalue weighted by Gasteiger charge is -2.13. The highest BCUT2D eigenvalue weighted by Crippen LogP contribution is 2.29. The summed E-state index contributed by atoms with van der Waals surface area (Å²) in [4.78, 5) is 4.27. The van der Waals surface area contributed by atoms with Crippen LogP contribution in [0.25, 0.3) is 0 Å². The normalized spacial score (nSPS) is 14.6. The van der Waals surface area contributed by atoms with Gasteiger partial charge in [0.05, 0.1) is 10.5 Å². The van der Waals surface area contributed by atoms with Crippen molar-refractivity contribution >= 4 is 40.0 Å². The monoisotopic (exact) mass is 568 g/mol. The van der Waals surface area contributed by atoms with Gasteiger partial charge in [-0.1, -0.05) is 24.3 Å². The molecule has 31 heavy (non-hydrogen) atoms. The number of rotatable bonds is 7. The zero-order valence-electron chi connectivity index (χ0n) is 16.7. The number of hydrogen-bond donors (Lipinski definition) is 3. The Hall–Kier alpha value is -1.86. The Bertz CT molecular complexity index is 1010. The van der Waals surface area contributed by atoms with Crippen LogP contribution in [0.5, 0.6) is 0 Å². The van der Waals surface area contributed by atoms with Gasteiger partial charge in [0.15, 0.2) is 5.96 Å². The zero-order chi connectivity index (χ0) is 21.8. The number of aliphatic imine (C=N–C) groups is 1. The number of guanidine groups is 1. The molecule has 2 aromatic rings. The molecule has 0 aliphatic heterocycles. The number of halogens is 4. The van der Waals surface area contributed by atoms with Crippen molar-refractivity contribution in [1.82, 2.24) is 15.4 Å². The molecule has 0 saturated heterocycles. The van der Waals surface area contributed by atoms with E-state index in [1.807, 2.05) is 0 Å². The molecule has 1 aliphatic rings. The summed E-state index contributed by atoms with van der Waals surface area (Å²) in [6, 6.07) is 11.6. The Balaban J connectivity index is 0.00000341. The SMILES string of the molecule is CN=C(NCc1ccc(S(=O)(=O)NC2CC2)cc1)NCc1cccc(C(F)(F)F)c1.I. The summed E-state index contributed by atoms with van der Waals surface area (Å²) in [5.41, 5.74) is 0.615. The number of hydrogen-bond acceptors (Lipinski definition) is 3. The predicted octanol–water partition coefficient (Wildman–Crippen LogP) is 3.63. The average molecular weight is 568 g/mol. The first kappa shape index (κ1) is 25.4. The van der Waals surface area contributed by atoms with Gasteiger partial charge in [0, 0.05) is 26.2 Å². The van der Waals surface area contributed by atoms with E-state index in [-0.39, 0.29) is 41.5 Å². The molecule has 1 aliphatic carbocycles. The summed E-state index contributed by atoms with van der Waals surface area (Å²) < 4.78 is 65.4. The van der Waals surface area contributed by atoms with E-state index >= 15 is 0 Å². The third kappa shape index (κ3) is 7.65. The van der Waals surface area contributed by atoms with Crippen molar-refractivity contribution < 1.29 is 21.6 Å². The molecule has 1 saturated carbocycles. The van der Waals surface area contributed by atoms with E-state index in [4.69, 9.17) is 0 Å². The van der Waals surface area contributed by atoms with E-state index < -0.39 is 21.8 Å². The highest BCUT2D eigenvalue weighted by atomic mass is 127. The topological polar surface area (TPSA) is 82.6 Å². The zero-order valence-corrected chi connectivity index (χ0v) is 19.9. The van der Waals surface area contributed by atoms with Crippen molar-refractivity contribution in [2.45, 2.75) is 43.0 Å². The molecule has 11 heteroatoms. The molecule has 170 valence electrons. The minimum atomic E-state index is -4.39. The van der Waals surface area contributed by atoms with Crippen LogP contribution in [-0.2, 0) is 29.3 Å². The molecule has 0 bridgehead atoms. The molecule has 0 radical (unpaired) electrons. The van der Waals surface area contributed by atoms with E-state index in [0.717, 1.165) is 30.5 Å². The first-order valence-corrected chi connectivity index (χ1v) is 10.9. The highest BCUT2D eigenvalue weighted by molar-refractivity contribution is 14.0. The molecule has 3 rings (SSSR count). The molecule has 0 unspecified atom stereocenters. The van der Waals surface area contributed by atoms with Crippen LogP contribution in [0.4, 0.5) is 13.2 Å². The molecular formula is C20H24F3IN4O2S. The summed E-state index contributed by atoms with van der Waals surface area (Å²) in [7, 11) is -1.93. The molecule has 3 N–H and O–H groups in total. The average Bonchev–Trinajstić information content (AvgIpc) is 3.51. The van der Waals surface area contributed by atoms with Crippen LogP contribution in [0.2, 0.25) is 0 Å². The second-order valence-corrected chi connectivity index (χ2v) is 8.73. The molecule has 0 heterocycles. The van der Waals surface area contributed by atoms with Gasteiger partial charge in [0.25, 0.3) is 0 Å². The van der Waals surface area contributed by atoms with E-state index in [0.29, 0.717) is 18.1 Å². The summed E-state index contributed by atoms with van der Waals surface area (Å²) in [6.07, 6.45) is -2.65. The van der Waals surface area contributed by atoms with Gasteiger partial charge < -0.3 is 10.6 Å². The molecule has 6 nitrogen and oxygen atoms in total. The second kappa shape index (κ2) is 10.6. The van der Waals surface area contributed by atoms with E-state index in [2.05, 4.69) is 20.3 Å². The van der Waals surface area contributed by atoms with Gasteiger partial charge in [-0.2, -0.15) is 13.2 Å². The van der Waals surface area contributed by atoms with Gasteiger partial charge in [-0.05, 0) is 48.2 Å². The largest absolute Gasteiger partial charge is 0.416 e. The molecule has 2 aromatic carbocycles. The fourth-order valence-corrected chi connectivity index (χ4v) is 4.03. The van der Waals surface area contributed by atoms with Crippen molar-refractivity contribution in [3.8, 4) is 0 Å². The van der Waals surface area contributed by atoms with Crippen LogP contribution in [0.1, 0.15) is 29.5 Å². The molecular weight excluding hydrogens is 544 g/mol. The number of benzene rings is 2. The third-order valence-electron chi connectivity index (χ3n) is 4.53. The maximum Gasteiger partial charge on any atom is 0.416 e. The number of alkyl halides is 3. The maximum absolute atomic E-state index is 12.8. The van der Waals surface area contributed by atoms with Gasteiger partial charge in [-0.25, -0.2) is 13.1 Å². The maximum atomic E-state index is 12.8. The minimum Gasteiger partial charge on any atom is -0.352 e. The molecule has 0 amide bonds. The van der Waals surface area contributed by atoms with Gasteiger partial charge >= 0.3 is 6.18 Å². The van der Waals surface area contributed by atoms with Gasteiger partial charge in [-0.15, -0.1) is 24.0 Å². The van der Waals surface area contributed by atoms with Crippen LogP contribution in [0.3, 0.4) is 0 Å². The Morgan fingerprint density at radius 2 is 1.65 bits per heavy atom. The standard InChI is InChI=1S/C20H23F3N4O2S.HI/c1-24-19(26-13-15-3-2-4-16(11-15)20(21,22)23)25-12-14-5-9-18(10-6-14)30(28,29)27-17-7-8-17;/h2-6,9-11,17,27H,7-8,12-13H2,1H3,(H2,24,25,26);1H. The van der Waals surface area contributed by atoms with Crippen molar-refractivity contribution in [2.24, 2.45) is 4.99 Å². The van der Waals surface area contributed by atoms with Crippen LogP contribution in [0.15, 0.2) is 58.4 Å². The number of nitrogens with zero attached hydrogens (tertiary/aromatic N) is 1. The first-order chi connectivity index (χ1) is 14.2. The van der Waals surface area contributed by atoms with E-state index in [9.17, 15) is 21.6 Å². The van der Waals surface area contributed by atoms with Crippen LogP contribution in [0, 0.1) is 0 Å². The Morgan fingerprint density at radius 1 is 1.03 bits per heavy atom. The highest BCUT2D eigenvalue weighted by Gasteiger charge is 2.30. The fourth-order valence-electron chi connectivity index (χ4n) is 2.72. The molecule has 0 spiro atoms. The summed E-state index contributed by atoms with van der Waals surface area (Å²) >= 11 is 0. The summed E-state index contributed by atoms with van der Waals surface area (Å²) in [6.45, 7) is 0.548. The molecule has 1 fully saturated rings. The van der Waals surface area contributed by atoms with E-state index in [1.165, 1.54) is 6.07 Å². The van der Waals surface area contributed by atoms with Crippen molar-refractivity contribution in [3.05, 3.63) is 65.2 Å². The fraction of sp³-hybridized carbons (Fsp3) is 0.350. The summed E-state index contributed by atoms with van der Waals surface area (Å²) in [5, 5.41) is 6.02. The van der Waals surface area contributed by atoms with Gasteiger partial charge in [0.1, 0.15) is 0 Å². The van der Waals surface area contributed by atoms with Gasteiger partial charge in [0.2, 0.25) is 10.0 Å². The smallest absolute Gasteiger partial charge is 0.352 e. The number of nitrogens with one attached hydrogen (secondary N) is 3. The minimum absolute atomic E-state index is 0. The van der Waals surface area contributed by atoms with Crippen LogP contribution in [-0.4, -0.2) is 27.5 Å². The van der Waals surface area contributed by atoms with Crippen molar-refractivity contribution in [2.75, 3.05) is 7.05 Å². The Morgan fingerprint density at radius 3 is 2.19 bits per heavy atom. The lowest BCUT2D eigenvalue weighted by molar-refractivity contribution is -0.137. The quantitative estimate of drug-likeness (QED) is 0.271. The summed E-state index contributed by atoms with van der Waals surface area (Å²) in [5.74, 6) is 0.416. The predicted molar refractivity (Wildman–Crippen MR) is 124 cm³/mol. The third-order valence-corrected chi connectivity index (χ3v) is 6.07. The molecule has 0 aromatic heterocycles.